The lowest BCUT2D eigenvalue weighted by Gasteiger charge is -2.04. The number of nitrogens with one attached hydrogen (secondary N) is 1. The van der Waals surface area contributed by atoms with Gasteiger partial charge >= 0.3 is 0 Å². The van der Waals surface area contributed by atoms with Gasteiger partial charge in [0, 0.05) is 0 Å². The summed E-state index contributed by atoms with van der Waals surface area (Å²) in [5.41, 5.74) is -1.13. The summed E-state index contributed by atoms with van der Waals surface area (Å²) in [6.45, 7) is 0. The Morgan fingerprint density at radius 2 is 1.31 bits per heavy atom. The number of halogens is 5. The highest BCUT2D eigenvalue weighted by atomic mass is 19.2. The van der Waals surface area contributed by atoms with Crippen LogP contribution < -0.4 is 0 Å². The van der Waals surface area contributed by atoms with Crippen molar-refractivity contribution in [3.63, 3.8) is 0 Å². The fraction of sp³-hybridized carbons (Fsp3) is 0. The molecule has 0 aliphatic rings. The van der Waals surface area contributed by atoms with Gasteiger partial charge in [0.05, 0.1) is 5.56 Å². The van der Waals surface area contributed by atoms with Crippen LogP contribution >= 0.6 is 0 Å². The summed E-state index contributed by atoms with van der Waals surface area (Å²) in [5.74, 6) is -10.7. The number of hydrogen-bond donors (Lipinski definition) is 1. The zero-order chi connectivity index (χ0) is 11.9. The van der Waals surface area contributed by atoms with E-state index in [2.05, 4.69) is 10.1 Å². The number of rotatable bonds is 1. The minimum atomic E-state index is -2.21. The average Bonchev–Trinajstić information content (AvgIpc) is 2.77. The number of aromatic nitrogens is 3. The van der Waals surface area contributed by atoms with Gasteiger partial charge in [-0.3, -0.25) is 5.10 Å². The predicted molar refractivity (Wildman–Crippen MR) is 41.6 cm³/mol. The second-order valence-corrected chi connectivity index (χ2v) is 2.78. The Kier molecular flexibility index (Phi) is 2.33. The fourth-order valence-electron chi connectivity index (χ4n) is 1.14. The minimum Gasteiger partial charge on any atom is -0.259 e. The van der Waals surface area contributed by atoms with E-state index in [1.54, 1.807) is 0 Å². The summed E-state index contributed by atoms with van der Waals surface area (Å²) in [5, 5.41) is 5.27. The average molecular weight is 235 g/mol. The Balaban J connectivity index is 2.81. The first-order chi connectivity index (χ1) is 7.54. The van der Waals surface area contributed by atoms with Crippen molar-refractivity contribution in [3.05, 3.63) is 35.4 Å². The lowest BCUT2D eigenvalue weighted by molar-refractivity contribution is 0.381. The molecule has 2 aromatic rings. The first-order valence-electron chi connectivity index (χ1n) is 3.91. The molecule has 0 amide bonds. The molecule has 8 heteroatoms. The summed E-state index contributed by atoms with van der Waals surface area (Å²) >= 11 is 0. The van der Waals surface area contributed by atoms with Crippen LogP contribution in [0.25, 0.3) is 11.4 Å². The normalized spacial score (nSPS) is 10.8. The van der Waals surface area contributed by atoms with Crippen molar-refractivity contribution in [1.82, 2.24) is 15.2 Å². The van der Waals surface area contributed by atoms with Gasteiger partial charge in [0.2, 0.25) is 5.82 Å². The largest absolute Gasteiger partial charge is 0.259 e. The van der Waals surface area contributed by atoms with Crippen LogP contribution in [0.1, 0.15) is 0 Å². The lowest BCUT2D eigenvalue weighted by atomic mass is 10.1. The number of aromatic amines is 1. The SMILES string of the molecule is Fc1c(F)c(F)c(-c2ncn[nH]2)c(F)c1F. The molecule has 0 radical (unpaired) electrons. The van der Waals surface area contributed by atoms with Crippen molar-refractivity contribution < 1.29 is 22.0 Å². The van der Waals surface area contributed by atoms with Gasteiger partial charge in [0.1, 0.15) is 6.33 Å². The summed E-state index contributed by atoms with van der Waals surface area (Å²) in [6.07, 6.45) is 0.882. The molecular formula is C8H2F5N3. The monoisotopic (exact) mass is 235 g/mol. The summed E-state index contributed by atoms with van der Waals surface area (Å²) in [7, 11) is 0. The summed E-state index contributed by atoms with van der Waals surface area (Å²) in [6, 6.07) is 0. The molecule has 0 spiro atoms. The maximum Gasteiger partial charge on any atom is 0.200 e. The van der Waals surface area contributed by atoms with Crippen LogP contribution in [0.5, 0.6) is 0 Å². The van der Waals surface area contributed by atoms with E-state index < -0.39 is 40.5 Å². The molecule has 1 aromatic carbocycles. The van der Waals surface area contributed by atoms with Gasteiger partial charge in [-0.05, 0) is 0 Å². The lowest BCUT2D eigenvalue weighted by Crippen LogP contribution is -2.04. The molecule has 0 aliphatic carbocycles. The Morgan fingerprint density at radius 3 is 1.75 bits per heavy atom. The van der Waals surface area contributed by atoms with Crippen LogP contribution in [0, 0.1) is 29.1 Å². The standard InChI is InChI=1S/C8H2F5N3/c9-3-2(8-14-1-15-16-8)4(10)6(12)7(13)5(3)11/h1H,(H,14,15,16). The Hall–Kier alpha value is -1.99. The van der Waals surface area contributed by atoms with Crippen LogP contribution in [0.3, 0.4) is 0 Å². The molecule has 0 unspecified atom stereocenters. The van der Waals surface area contributed by atoms with Crippen LogP contribution in [0.2, 0.25) is 0 Å². The molecule has 84 valence electrons. The van der Waals surface area contributed by atoms with Crippen LogP contribution in [0.4, 0.5) is 22.0 Å². The highest BCUT2D eigenvalue weighted by Gasteiger charge is 2.27. The van der Waals surface area contributed by atoms with Gasteiger partial charge in [-0.2, -0.15) is 5.10 Å². The minimum absolute atomic E-state index is 0.534. The van der Waals surface area contributed by atoms with Crippen molar-refractivity contribution in [2.24, 2.45) is 0 Å². The molecule has 0 bridgehead atoms. The third-order valence-corrected chi connectivity index (χ3v) is 1.86. The zero-order valence-corrected chi connectivity index (χ0v) is 7.36. The number of hydrogen-bond acceptors (Lipinski definition) is 2. The van der Waals surface area contributed by atoms with E-state index in [0.717, 1.165) is 6.33 Å². The second kappa shape index (κ2) is 3.54. The molecule has 2 rings (SSSR count). The maximum atomic E-state index is 13.2. The third kappa shape index (κ3) is 1.34. The van der Waals surface area contributed by atoms with E-state index in [0.29, 0.717) is 0 Å². The molecule has 1 heterocycles. The molecule has 1 N–H and O–H groups in total. The number of nitrogens with zero attached hydrogens (tertiary/aromatic N) is 2. The van der Waals surface area contributed by atoms with Gasteiger partial charge in [0.15, 0.2) is 29.1 Å². The fourth-order valence-corrected chi connectivity index (χ4v) is 1.14. The molecule has 0 fully saturated rings. The highest BCUT2D eigenvalue weighted by Crippen LogP contribution is 2.28. The molecular weight excluding hydrogens is 233 g/mol. The Labute approximate surface area is 84.9 Å². The summed E-state index contributed by atoms with van der Waals surface area (Å²) in [4.78, 5) is 3.32. The first kappa shape index (κ1) is 10.5. The second-order valence-electron chi connectivity index (χ2n) is 2.78. The topological polar surface area (TPSA) is 41.6 Å². The molecule has 16 heavy (non-hydrogen) atoms. The van der Waals surface area contributed by atoms with Gasteiger partial charge in [0.25, 0.3) is 0 Å². The van der Waals surface area contributed by atoms with Crippen molar-refractivity contribution in [2.45, 2.75) is 0 Å². The van der Waals surface area contributed by atoms with Crippen LogP contribution in [-0.4, -0.2) is 15.2 Å². The molecule has 0 atom stereocenters. The van der Waals surface area contributed by atoms with Crippen molar-refractivity contribution in [1.29, 1.82) is 0 Å². The number of H-pyrrole nitrogens is 1. The van der Waals surface area contributed by atoms with E-state index in [-0.39, 0.29) is 0 Å². The molecule has 3 nitrogen and oxygen atoms in total. The van der Waals surface area contributed by atoms with E-state index in [1.165, 1.54) is 0 Å². The molecule has 0 aliphatic heterocycles. The first-order valence-corrected chi connectivity index (χ1v) is 3.91. The van der Waals surface area contributed by atoms with Gasteiger partial charge < -0.3 is 0 Å². The van der Waals surface area contributed by atoms with E-state index in [4.69, 9.17) is 0 Å². The maximum absolute atomic E-state index is 13.2. The van der Waals surface area contributed by atoms with Gasteiger partial charge in [-0.1, -0.05) is 0 Å². The van der Waals surface area contributed by atoms with Gasteiger partial charge in [-0.15, -0.1) is 0 Å². The van der Waals surface area contributed by atoms with Crippen molar-refractivity contribution in [3.8, 4) is 11.4 Å². The van der Waals surface area contributed by atoms with Crippen molar-refractivity contribution >= 4 is 0 Å². The smallest absolute Gasteiger partial charge is 0.200 e. The van der Waals surface area contributed by atoms with Gasteiger partial charge in [-0.25, -0.2) is 26.9 Å². The van der Waals surface area contributed by atoms with E-state index in [9.17, 15) is 22.0 Å². The Bertz CT molecular complexity index is 508. The quantitative estimate of drug-likeness (QED) is 0.467. The number of benzene rings is 1. The highest BCUT2D eigenvalue weighted by molar-refractivity contribution is 5.56. The van der Waals surface area contributed by atoms with Crippen LogP contribution in [0.15, 0.2) is 6.33 Å². The van der Waals surface area contributed by atoms with E-state index >= 15 is 0 Å². The molecule has 1 aromatic heterocycles. The van der Waals surface area contributed by atoms with Crippen LogP contribution in [-0.2, 0) is 0 Å². The molecule has 0 saturated carbocycles. The summed E-state index contributed by atoms with van der Waals surface area (Å²) < 4.78 is 64.5. The zero-order valence-electron chi connectivity index (χ0n) is 7.36. The molecule has 0 saturated heterocycles. The van der Waals surface area contributed by atoms with E-state index in [1.807, 2.05) is 5.10 Å². The van der Waals surface area contributed by atoms with Crippen molar-refractivity contribution in [2.75, 3.05) is 0 Å². The Morgan fingerprint density at radius 1 is 0.812 bits per heavy atom. The predicted octanol–water partition coefficient (Wildman–Crippen LogP) is 2.17. The third-order valence-electron chi connectivity index (χ3n) is 1.86.